The number of aliphatic hydroxyl groups excluding tert-OH is 1. The van der Waals surface area contributed by atoms with E-state index in [0.717, 1.165) is 6.42 Å². The van der Waals surface area contributed by atoms with Crippen molar-refractivity contribution in [2.24, 2.45) is 0 Å². The Morgan fingerprint density at radius 3 is 2.73 bits per heavy atom. The predicted molar refractivity (Wildman–Crippen MR) is 48.1 cm³/mol. The normalized spacial score (nSPS) is 13.7. The van der Waals surface area contributed by atoms with Gasteiger partial charge in [-0.05, 0) is 26.0 Å². The van der Waals surface area contributed by atoms with E-state index in [0.29, 0.717) is 0 Å². The highest BCUT2D eigenvalue weighted by molar-refractivity contribution is 4.79. The summed E-state index contributed by atoms with van der Waals surface area (Å²) in [6, 6.07) is 0. The van der Waals surface area contributed by atoms with Crippen LogP contribution in [0.1, 0.15) is 39.5 Å². The zero-order valence-electron chi connectivity index (χ0n) is 7.51. The second-order valence-corrected chi connectivity index (χ2v) is 2.74. The maximum atomic E-state index is 8.79. The Morgan fingerprint density at radius 1 is 1.45 bits per heavy atom. The van der Waals surface area contributed by atoms with Gasteiger partial charge in [-0.3, -0.25) is 0 Å². The van der Waals surface area contributed by atoms with Crippen LogP contribution in [0.5, 0.6) is 0 Å². The van der Waals surface area contributed by atoms with E-state index in [-0.39, 0.29) is 0 Å². The van der Waals surface area contributed by atoms with E-state index in [4.69, 9.17) is 5.11 Å². The van der Waals surface area contributed by atoms with Crippen molar-refractivity contribution in [1.82, 2.24) is 5.32 Å². The fourth-order valence-corrected chi connectivity index (χ4v) is 0.803. The Labute approximate surface area is 69.3 Å². The van der Waals surface area contributed by atoms with Gasteiger partial charge in [0.05, 0.1) is 0 Å². The minimum atomic E-state index is -0.433. The van der Waals surface area contributed by atoms with E-state index >= 15 is 0 Å². The smallest absolute Gasteiger partial charge is 0.121 e. The van der Waals surface area contributed by atoms with Crippen LogP contribution < -0.4 is 5.32 Å². The first-order valence-corrected chi connectivity index (χ1v) is 4.36. The summed E-state index contributed by atoms with van der Waals surface area (Å²) in [7, 11) is 0. The summed E-state index contributed by atoms with van der Waals surface area (Å²) in [5, 5.41) is 11.6. The van der Waals surface area contributed by atoms with E-state index in [9.17, 15) is 0 Å². The van der Waals surface area contributed by atoms with Gasteiger partial charge in [-0.2, -0.15) is 0 Å². The molecule has 0 saturated carbocycles. The van der Waals surface area contributed by atoms with Crippen molar-refractivity contribution >= 4 is 0 Å². The van der Waals surface area contributed by atoms with Gasteiger partial charge in [-0.1, -0.05) is 25.8 Å². The van der Waals surface area contributed by atoms with Gasteiger partial charge in [0.2, 0.25) is 0 Å². The first-order valence-electron chi connectivity index (χ1n) is 4.36. The van der Waals surface area contributed by atoms with Gasteiger partial charge < -0.3 is 10.4 Å². The molecule has 0 aliphatic carbocycles. The number of allylic oxidation sites excluding steroid dienone is 1. The molecule has 0 aromatic rings. The van der Waals surface area contributed by atoms with E-state index in [1.54, 1.807) is 6.92 Å². The molecule has 0 spiro atoms. The third kappa shape index (κ3) is 9.50. The molecule has 0 radical (unpaired) electrons. The molecule has 0 bridgehead atoms. The van der Waals surface area contributed by atoms with E-state index < -0.39 is 6.23 Å². The summed E-state index contributed by atoms with van der Waals surface area (Å²) >= 11 is 0. The van der Waals surface area contributed by atoms with Gasteiger partial charge in [0.15, 0.2) is 0 Å². The lowest BCUT2D eigenvalue weighted by atomic mass is 10.2. The lowest BCUT2D eigenvalue weighted by Crippen LogP contribution is -2.18. The van der Waals surface area contributed by atoms with Crippen molar-refractivity contribution in [3.63, 3.8) is 0 Å². The van der Waals surface area contributed by atoms with Gasteiger partial charge in [0.25, 0.3) is 0 Å². The molecule has 0 aliphatic heterocycles. The number of unbranched alkanes of at least 4 members (excludes halogenated alkanes) is 3. The molecule has 0 heterocycles. The van der Waals surface area contributed by atoms with Gasteiger partial charge in [-0.25, -0.2) is 0 Å². The molecule has 0 aliphatic rings. The Kier molecular flexibility index (Phi) is 7.26. The fraction of sp³-hybridized carbons (Fsp3) is 0.778. The van der Waals surface area contributed by atoms with E-state index in [1.165, 1.54) is 19.3 Å². The molecule has 1 atom stereocenters. The molecule has 66 valence electrons. The molecule has 0 aromatic carbocycles. The Morgan fingerprint density at radius 2 is 2.18 bits per heavy atom. The maximum Gasteiger partial charge on any atom is 0.121 e. The highest BCUT2D eigenvalue weighted by Gasteiger charge is 1.84. The van der Waals surface area contributed by atoms with Crippen molar-refractivity contribution in [2.45, 2.75) is 45.8 Å². The molecule has 0 saturated heterocycles. The Hall–Kier alpha value is -0.500. The van der Waals surface area contributed by atoms with Crippen LogP contribution in [-0.4, -0.2) is 11.3 Å². The number of hydrogen-bond acceptors (Lipinski definition) is 2. The van der Waals surface area contributed by atoms with Gasteiger partial charge in [-0.15, -0.1) is 0 Å². The molecule has 11 heavy (non-hydrogen) atoms. The number of rotatable bonds is 6. The molecule has 0 rings (SSSR count). The highest BCUT2D eigenvalue weighted by atomic mass is 16.3. The summed E-state index contributed by atoms with van der Waals surface area (Å²) in [5.74, 6) is 0. The van der Waals surface area contributed by atoms with Crippen LogP contribution in [0.25, 0.3) is 0 Å². The van der Waals surface area contributed by atoms with Gasteiger partial charge in [0, 0.05) is 0 Å². The van der Waals surface area contributed by atoms with Crippen LogP contribution in [0.2, 0.25) is 0 Å². The average molecular weight is 157 g/mol. The average Bonchev–Trinajstić information content (AvgIpc) is 1.96. The predicted octanol–water partition coefficient (Wildman–Crippen LogP) is 2.01. The second-order valence-electron chi connectivity index (χ2n) is 2.74. The van der Waals surface area contributed by atoms with Gasteiger partial charge >= 0.3 is 0 Å². The van der Waals surface area contributed by atoms with Crippen molar-refractivity contribution in [1.29, 1.82) is 0 Å². The summed E-state index contributed by atoms with van der Waals surface area (Å²) in [5.41, 5.74) is 0. The molecule has 2 heteroatoms. The lowest BCUT2D eigenvalue weighted by molar-refractivity contribution is 0.173. The molecule has 2 N–H and O–H groups in total. The fourth-order valence-electron chi connectivity index (χ4n) is 0.803. The van der Waals surface area contributed by atoms with Crippen molar-refractivity contribution < 1.29 is 5.11 Å². The lowest BCUT2D eigenvalue weighted by Gasteiger charge is -2.01. The van der Waals surface area contributed by atoms with Gasteiger partial charge in [0.1, 0.15) is 6.23 Å². The molecule has 0 amide bonds. The zero-order valence-corrected chi connectivity index (χ0v) is 7.51. The van der Waals surface area contributed by atoms with Crippen LogP contribution >= 0.6 is 0 Å². The van der Waals surface area contributed by atoms with Crippen molar-refractivity contribution in [3.05, 3.63) is 12.3 Å². The second kappa shape index (κ2) is 7.61. The standard InChI is InChI=1S/C9H19NO/c1-3-4-5-6-7-8-10-9(2)11/h7-11H,3-6H2,1-2H3. The molecule has 2 nitrogen and oxygen atoms in total. The summed E-state index contributed by atoms with van der Waals surface area (Å²) in [4.78, 5) is 0. The Balaban J connectivity index is 3.03. The SMILES string of the molecule is CCCCCC=CNC(C)O. The maximum absolute atomic E-state index is 8.79. The van der Waals surface area contributed by atoms with Crippen LogP contribution in [-0.2, 0) is 0 Å². The number of nitrogens with one attached hydrogen (secondary N) is 1. The molecular formula is C9H19NO. The quantitative estimate of drug-likeness (QED) is 0.456. The minimum absolute atomic E-state index is 0.433. The van der Waals surface area contributed by atoms with E-state index in [1.807, 2.05) is 6.20 Å². The van der Waals surface area contributed by atoms with Crippen LogP contribution in [0.3, 0.4) is 0 Å². The van der Waals surface area contributed by atoms with Crippen molar-refractivity contribution in [3.8, 4) is 0 Å². The first kappa shape index (κ1) is 10.5. The number of aliphatic hydroxyl groups is 1. The van der Waals surface area contributed by atoms with Crippen molar-refractivity contribution in [2.75, 3.05) is 0 Å². The minimum Gasteiger partial charge on any atom is -0.374 e. The third-order valence-corrected chi connectivity index (χ3v) is 1.43. The van der Waals surface area contributed by atoms with Crippen LogP contribution in [0.15, 0.2) is 12.3 Å². The number of hydrogen-bond donors (Lipinski definition) is 2. The summed E-state index contributed by atoms with van der Waals surface area (Å²) < 4.78 is 0. The summed E-state index contributed by atoms with van der Waals surface area (Å²) in [6.45, 7) is 3.90. The largest absolute Gasteiger partial charge is 0.374 e. The first-order chi connectivity index (χ1) is 5.27. The Bertz CT molecular complexity index is 99.7. The molecule has 0 fully saturated rings. The topological polar surface area (TPSA) is 32.3 Å². The third-order valence-electron chi connectivity index (χ3n) is 1.43. The van der Waals surface area contributed by atoms with E-state index in [2.05, 4.69) is 18.3 Å². The molecule has 0 aromatic heterocycles. The van der Waals surface area contributed by atoms with Crippen LogP contribution in [0, 0.1) is 0 Å². The molecular weight excluding hydrogens is 138 g/mol. The highest BCUT2D eigenvalue weighted by Crippen LogP contribution is 1.98. The monoisotopic (exact) mass is 157 g/mol. The zero-order chi connectivity index (χ0) is 8.53. The summed E-state index contributed by atoms with van der Waals surface area (Å²) in [6.07, 6.45) is 8.35. The van der Waals surface area contributed by atoms with Crippen LogP contribution in [0.4, 0.5) is 0 Å². The molecule has 1 unspecified atom stereocenters.